The first-order chi connectivity index (χ1) is 17.5. The molecule has 2 aromatic carbocycles. The maximum absolute atomic E-state index is 13.6. The molecule has 0 aromatic heterocycles. The summed E-state index contributed by atoms with van der Waals surface area (Å²) in [5.41, 5.74) is 5.75. The number of phenols is 2. The predicted molar refractivity (Wildman–Crippen MR) is 129 cm³/mol. The second kappa shape index (κ2) is 9.21. The molecule has 10 nitrogen and oxygen atoms in total. The van der Waals surface area contributed by atoms with Crippen molar-refractivity contribution in [2.24, 2.45) is 11.7 Å². The van der Waals surface area contributed by atoms with Gasteiger partial charge in [-0.1, -0.05) is 12.1 Å². The molecule has 0 saturated carbocycles. The molecule has 196 valence electrons. The number of carbonyl (C=O) groups excluding carboxylic acids is 3. The molecule has 1 unspecified atom stereocenters. The van der Waals surface area contributed by atoms with Crippen molar-refractivity contribution in [1.29, 1.82) is 0 Å². The number of phenolic OH excluding ortho intramolecular Hbond substituents is 2. The highest BCUT2D eigenvalue weighted by atomic mass is 16.7. The Labute approximate surface area is 212 Å². The van der Waals surface area contributed by atoms with E-state index in [-0.39, 0.29) is 64.2 Å². The molecule has 3 aliphatic rings. The van der Waals surface area contributed by atoms with Gasteiger partial charge >= 0.3 is 0 Å². The minimum Gasteiger partial charge on any atom is -0.507 e. The summed E-state index contributed by atoms with van der Waals surface area (Å²) >= 11 is 0. The van der Waals surface area contributed by atoms with Crippen LogP contribution in [0.25, 0.3) is 0 Å². The van der Waals surface area contributed by atoms with E-state index in [1.807, 2.05) is 0 Å². The number of rotatable bonds is 4. The SMILES string of the molecule is COc1cccc2c1C(=O)c1c(O)c3c(c(O)c1C2=O)CC(C(C)=O)C[C@@H]3O[C@H]1C[C@H](N)[C@H](O)[C@H](C)O1. The number of Topliss-reactive ketones (excluding diaryl/α,β-unsaturated/α-hetero) is 1. The van der Waals surface area contributed by atoms with Gasteiger partial charge in [0.25, 0.3) is 0 Å². The van der Waals surface area contributed by atoms with Gasteiger partial charge in [-0.3, -0.25) is 14.4 Å². The summed E-state index contributed by atoms with van der Waals surface area (Å²) in [6, 6.07) is 3.94. The lowest BCUT2D eigenvalue weighted by Crippen LogP contribution is -2.52. The Kier molecular flexibility index (Phi) is 6.31. The van der Waals surface area contributed by atoms with E-state index in [1.165, 1.54) is 26.2 Å². The minimum atomic E-state index is -0.949. The molecule has 10 heteroatoms. The lowest BCUT2D eigenvalue weighted by atomic mass is 9.74. The predicted octanol–water partition coefficient (Wildman–Crippen LogP) is 1.91. The quantitative estimate of drug-likeness (QED) is 0.380. The van der Waals surface area contributed by atoms with E-state index in [0.717, 1.165) is 0 Å². The first kappa shape index (κ1) is 25.3. The second-order valence-electron chi connectivity index (χ2n) is 9.91. The standard InChI is InChI=1S/C27H29NO9/c1-10(29)12-7-14-20(17(8-12)37-18-9-15(28)23(30)11(2)36-18)27(34)22-21(25(14)32)24(31)13-5-4-6-16(35-3)19(13)26(22)33/h4-6,11-12,15,17-18,23,30,32,34H,7-9,28H2,1-3H3/t11-,12?,15-,17-,18-,23+/m0/s1. The van der Waals surface area contributed by atoms with Gasteiger partial charge in [-0.2, -0.15) is 0 Å². The molecule has 37 heavy (non-hydrogen) atoms. The maximum Gasteiger partial charge on any atom is 0.202 e. The fraction of sp³-hybridized carbons (Fsp3) is 0.444. The van der Waals surface area contributed by atoms with Gasteiger partial charge in [0.1, 0.15) is 23.0 Å². The van der Waals surface area contributed by atoms with Crippen LogP contribution in [0.2, 0.25) is 0 Å². The van der Waals surface area contributed by atoms with Gasteiger partial charge in [-0.05, 0) is 32.8 Å². The van der Waals surface area contributed by atoms with Crippen molar-refractivity contribution < 1.29 is 43.9 Å². The van der Waals surface area contributed by atoms with Crippen molar-refractivity contribution >= 4 is 17.3 Å². The average Bonchev–Trinajstić information content (AvgIpc) is 2.86. The van der Waals surface area contributed by atoms with Crippen LogP contribution >= 0.6 is 0 Å². The summed E-state index contributed by atoms with van der Waals surface area (Å²) in [5.74, 6) is -2.80. The lowest BCUT2D eigenvalue weighted by molar-refractivity contribution is -0.243. The Balaban J connectivity index is 1.65. The molecule has 0 amide bonds. The number of aromatic hydroxyl groups is 2. The van der Waals surface area contributed by atoms with E-state index in [1.54, 1.807) is 13.0 Å². The van der Waals surface area contributed by atoms with Gasteiger partial charge < -0.3 is 35.3 Å². The lowest BCUT2D eigenvalue weighted by Gasteiger charge is -2.40. The summed E-state index contributed by atoms with van der Waals surface area (Å²) in [5, 5.41) is 32.9. The molecule has 0 radical (unpaired) electrons. The molecule has 5 rings (SSSR count). The molecule has 1 aliphatic heterocycles. The second-order valence-corrected chi connectivity index (χ2v) is 9.91. The Morgan fingerprint density at radius 1 is 1.08 bits per heavy atom. The van der Waals surface area contributed by atoms with Crippen molar-refractivity contribution in [3.8, 4) is 17.2 Å². The highest BCUT2D eigenvalue weighted by molar-refractivity contribution is 6.31. The molecule has 0 bridgehead atoms. The third-order valence-corrected chi connectivity index (χ3v) is 7.67. The number of hydrogen-bond donors (Lipinski definition) is 4. The third kappa shape index (κ3) is 3.91. The molecule has 2 aliphatic carbocycles. The smallest absolute Gasteiger partial charge is 0.202 e. The van der Waals surface area contributed by atoms with Crippen LogP contribution in [0.15, 0.2) is 18.2 Å². The van der Waals surface area contributed by atoms with Crippen LogP contribution in [-0.2, 0) is 20.7 Å². The van der Waals surface area contributed by atoms with Crippen LogP contribution in [0.4, 0.5) is 0 Å². The van der Waals surface area contributed by atoms with Crippen LogP contribution in [0.1, 0.15) is 75.8 Å². The molecule has 0 spiro atoms. The number of benzene rings is 2. The van der Waals surface area contributed by atoms with E-state index in [0.29, 0.717) is 0 Å². The monoisotopic (exact) mass is 511 g/mol. The fourth-order valence-electron chi connectivity index (χ4n) is 5.67. The summed E-state index contributed by atoms with van der Waals surface area (Å²) in [4.78, 5) is 39.5. The van der Waals surface area contributed by atoms with E-state index in [4.69, 9.17) is 19.9 Å². The number of ether oxygens (including phenoxy) is 3. The Hall–Kier alpha value is -3.31. The van der Waals surface area contributed by atoms with Crippen molar-refractivity contribution in [3.05, 3.63) is 51.6 Å². The summed E-state index contributed by atoms with van der Waals surface area (Å²) in [6.45, 7) is 3.08. The number of nitrogens with two attached hydrogens (primary N) is 1. The Morgan fingerprint density at radius 3 is 2.43 bits per heavy atom. The largest absolute Gasteiger partial charge is 0.507 e. The molecule has 2 aromatic rings. The van der Waals surface area contributed by atoms with E-state index in [2.05, 4.69) is 0 Å². The van der Waals surface area contributed by atoms with E-state index in [9.17, 15) is 29.7 Å². The van der Waals surface area contributed by atoms with Crippen molar-refractivity contribution in [2.45, 2.75) is 63.8 Å². The molecular weight excluding hydrogens is 482 g/mol. The molecule has 5 N–H and O–H groups in total. The van der Waals surface area contributed by atoms with Crippen LogP contribution in [-0.4, -0.2) is 64.3 Å². The van der Waals surface area contributed by atoms with Gasteiger partial charge in [0.15, 0.2) is 12.1 Å². The van der Waals surface area contributed by atoms with Crippen LogP contribution in [0, 0.1) is 5.92 Å². The summed E-state index contributed by atoms with van der Waals surface area (Å²) in [6.07, 6.45) is -2.95. The molecule has 1 fully saturated rings. The van der Waals surface area contributed by atoms with Crippen LogP contribution < -0.4 is 10.5 Å². The number of hydrogen-bond acceptors (Lipinski definition) is 10. The van der Waals surface area contributed by atoms with E-state index < -0.39 is 59.6 Å². The normalized spacial score (nSPS) is 28.8. The van der Waals surface area contributed by atoms with Gasteiger partial charge in [0.05, 0.1) is 42.1 Å². The van der Waals surface area contributed by atoms with Gasteiger partial charge in [0, 0.05) is 35.1 Å². The first-order valence-electron chi connectivity index (χ1n) is 12.2. The average molecular weight is 512 g/mol. The van der Waals surface area contributed by atoms with Gasteiger partial charge in [-0.15, -0.1) is 0 Å². The van der Waals surface area contributed by atoms with E-state index >= 15 is 0 Å². The third-order valence-electron chi connectivity index (χ3n) is 7.67. The van der Waals surface area contributed by atoms with Gasteiger partial charge in [-0.25, -0.2) is 0 Å². The number of methoxy groups -OCH3 is 1. The Bertz CT molecular complexity index is 1310. The molecule has 1 saturated heterocycles. The fourth-order valence-corrected chi connectivity index (χ4v) is 5.67. The first-order valence-corrected chi connectivity index (χ1v) is 12.2. The number of aliphatic hydroxyl groups excluding tert-OH is 1. The van der Waals surface area contributed by atoms with Crippen molar-refractivity contribution in [2.75, 3.05) is 7.11 Å². The maximum atomic E-state index is 13.6. The number of aliphatic hydroxyl groups is 1. The zero-order chi connectivity index (χ0) is 26.8. The van der Waals surface area contributed by atoms with Crippen molar-refractivity contribution in [1.82, 2.24) is 0 Å². The Morgan fingerprint density at radius 2 is 1.78 bits per heavy atom. The molecular formula is C27H29NO9. The van der Waals surface area contributed by atoms with Crippen molar-refractivity contribution in [3.63, 3.8) is 0 Å². The minimum absolute atomic E-state index is 0.00330. The highest BCUT2D eigenvalue weighted by Crippen LogP contribution is 2.51. The zero-order valence-corrected chi connectivity index (χ0v) is 20.7. The topological polar surface area (TPSA) is 166 Å². The molecule has 6 atom stereocenters. The zero-order valence-electron chi connectivity index (χ0n) is 20.7. The number of ketones is 3. The van der Waals surface area contributed by atoms with Gasteiger partial charge in [0.2, 0.25) is 5.78 Å². The van der Waals surface area contributed by atoms with Crippen LogP contribution in [0.5, 0.6) is 17.2 Å². The highest BCUT2D eigenvalue weighted by Gasteiger charge is 2.44. The number of fused-ring (bicyclic) bond motifs is 3. The molecule has 1 heterocycles. The summed E-state index contributed by atoms with van der Waals surface area (Å²) < 4.78 is 17.2. The summed E-state index contributed by atoms with van der Waals surface area (Å²) in [7, 11) is 1.37. The van der Waals surface area contributed by atoms with Crippen LogP contribution in [0.3, 0.4) is 0 Å². The number of carbonyl (C=O) groups is 3.